The van der Waals surface area contributed by atoms with Crippen LogP contribution in [-0.4, -0.2) is 49.5 Å². The lowest BCUT2D eigenvalue weighted by atomic mass is 10.2. The van der Waals surface area contributed by atoms with Crippen molar-refractivity contribution in [3.63, 3.8) is 0 Å². The SMILES string of the molecule is CC(C)(SC1CCOCC1)C(=O)Nc1n[nH]c(-c2ccon2)n1. The number of aromatic nitrogens is 4. The summed E-state index contributed by atoms with van der Waals surface area (Å²) in [6.45, 7) is 5.34. The molecule has 0 aromatic carbocycles. The van der Waals surface area contributed by atoms with Crippen LogP contribution in [0.1, 0.15) is 26.7 Å². The van der Waals surface area contributed by atoms with Gasteiger partial charge in [0, 0.05) is 24.5 Å². The molecule has 1 aliphatic heterocycles. The lowest BCUT2D eigenvalue weighted by Crippen LogP contribution is -2.37. The van der Waals surface area contributed by atoms with E-state index in [9.17, 15) is 4.79 Å². The van der Waals surface area contributed by atoms with Gasteiger partial charge in [-0.25, -0.2) is 0 Å². The quantitative estimate of drug-likeness (QED) is 0.860. The number of hydrogen-bond acceptors (Lipinski definition) is 7. The Morgan fingerprint density at radius 1 is 1.43 bits per heavy atom. The molecule has 23 heavy (non-hydrogen) atoms. The Bertz CT molecular complexity index is 649. The highest BCUT2D eigenvalue weighted by Gasteiger charge is 2.33. The molecule has 0 radical (unpaired) electrons. The van der Waals surface area contributed by atoms with Gasteiger partial charge < -0.3 is 9.26 Å². The van der Waals surface area contributed by atoms with Gasteiger partial charge in [-0.2, -0.15) is 4.98 Å². The van der Waals surface area contributed by atoms with Gasteiger partial charge in [-0.05, 0) is 26.7 Å². The zero-order valence-electron chi connectivity index (χ0n) is 13.0. The normalized spacial score (nSPS) is 16.4. The van der Waals surface area contributed by atoms with Crippen LogP contribution < -0.4 is 5.32 Å². The number of anilines is 1. The Balaban J connectivity index is 1.61. The van der Waals surface area contributed by atoms with Crippen molar-refractivity contribution in [2.45, 2.75) is 36.7 Å². The molecule has 0 unspecified atom stereocenters. The fourth-order valence-corrected chi connectivity index (χ4v) is 3.70. The fraction of sp³-hybridized carbons (Fsp3) is 0.571. The first-order valence-corrected chi connectivity index (χ1v) is 8.33. The summed E-state index contributed by atoms with van der Waals surface area (Å²) in [5, 5.41) is 13.7. The number of ether oxygens (including phenoxy) is 1. The third-order valence-electron chi connectivity index (χ3n) is 3.57. The Morgan fingerprint density at radius 2 is 2.22 bits per heavy atom. The topological polar surface area (TPSA) is 106 Å². The van der Waals surface area contributed by atoms with E-state index in [1.165, 1.54) is 6.26 Å². The number of nitrogens with zero attached hydrogens (tertiary/aromatic N) is 3. The number of H-pyrrole nitrogens is 1. The summed E-state index contributed by atoms with van der Waals surface area (Å²) in [7, 11) is 0. The molecule has 1 aliphatic rings. The van der Waals surface area contributed by atoms with E-state index in [2.05, 4.69) is 25.7 Å². The Hall–Kier alpha value is -1.87. The highest BCUT2D eigenvalue weighted by molar-refractivity contribution is 8.02. The maximum atomic E-state index is 12.5. The van der Waals surface area contributed by atoms with Gasteiger partial charge in [0.05, 0.1) is 4.75 Å². The monoisotopic (exact) mass is 337 g/mol. The lowest BCUT2D eigenvalue weighted by Gasteiger charge is -2.30. The molecule has 2 N–H and O–H groups in total. The van der Waals surface area contributed by atoms with Crippen LogP contribution in [-0.2, 0) is 9.53 Å². The largest absolute Gasteiger partial charge is 0.381 e. The summed E-state index contributed by atoms with van der Waals surface area (Å²) in [4.78, 5) is 16.7. The van der Waals surface area contributed by atoms with E-state index in [0.29, 0.717) is 16.8 Å². The minimum Gasteiger partial charge on any atom is -0.381 e. The summed E-state index contributed by atoms with van der Waals surface area (Å²) in [6, 6.07) is 1.66. The van der Waals surface area contributed by atoms with Crippen molar-refractivity contribution in [2.24, 2.45) is 0 Å². The molecule has 0 aliphatic carbocycles. The van der Waals surface area contributed by atoms with Gasteiger partial charge in [0.1, 0.15) is 6.26 Å². The average Bonchev–Trinajstić information content (AvgIpc) is 3.18. The van der Waals surface area contributed by atoms with Crippen LogP contribution in [0.3, 0.4) is 0 Å². The van der Waals surface area contributed by atoms with E-state index in [1.807, 2.05) is 13.8 Å². The van der Waals surface area contributed by atoms with E-state index in [1.54, 1.807) is 17.8 Å². The number of carbonyl (C=O) groups excluding carboxylic acids is 1. The van der Waals surface area contributed by atoms with Gasteiger partial charge in [0.25, 0.3) is 0 Å². The van der Waals surface area contributed by atoms with Gasteiger partial charge in [0.2, 0.25) is 11.9 Å². The minimum atomic E-state index is -0.573. The molecule has 0 saturated carbocycles. The zero-order chi connectivity index (χ0) is 16.3. The molecule has 1 fully saturated rings. The zero-order valence-corrected chi connectivity index (χ0v) is 13.9. The first-order valence-electron chi connectivity index (χ1n) is 7.45. The smallest absolute Gasteiger partial charge is 0.249 e. The van der Waals surface area contributed by atoms with Gasteiger partial charge >= 0.3 is 0 Å². The summed E-state index contributed by atoms with van der Waals surface area (Å²) in [5.74, 6) is 0.553. The molecule has 3 rings (SSSR count). The Labute approximate surface area is 137 Å². The molecule has 0 spiro atoms. The molecule has 2 aromatic rings. The molecule has 0 bridgehead atoms. The van der Waals surface area contributed by atoms with Crippen molar-refractivity contribution in [1.82, 2.24) is 20.3 Å². The van der Waals surface area contributed by atoms with Gasteiger partial charge in [-0.15, -0.1) is 16.9 Å². The van der Waals surface area contributed by atoms with Crippen LogP contribution in [0.5, 0.6) is 0 Å². The molecule has 1 saturated heterocycles. The Morgan fingerprint density at radius 3 is 2.91 bits per heavy atom. The fourth-order valence-electron chi connectivity index (χ4n) is 2.28. The number of hydrogen-bond donors (Lipinski definition) is 2. The molecule has 3 heterocycles. The molecule has 1 amide bonds. The molecule has 8 nitrogen and oxygen atoms in total. The summed E-state index contributed by atoms with van der Waals surface area (Å²) in [6.07, 6.45) is 3.39. The number of thioether (sulfide) groups is 1. The number of rotatable bonds is 5. The van der Waals surface area contributed by atoms with E-state index >= 15 is 0 Å². The number of nitrogens with one attached hydrogen (secondary N) is 2. The maximum Gasteiger partial charge on any atom is 0.249 e. The molecule has 2 aromatic heterocycles. The van der Waals surface area contributed by atoms with Crippen LogP contribution in [0, 0.1) is 0 Å². The molecule has 124 valence electrons. The summed E-state index contributed by atoms with van der Waals surface area (Å²) < 4.78 is 9.54. The van der Waals surface area contributed by atoms with Crippen molar-refractivity contribution in [2.75, 3.05) is 18.5 Å². The second-order valence-electron chi connectivity index (χ2n) is 5.79. The number of amides is 1. The average molecular weight is 337 g/mol. The van der Waals surface area contributed by atoms with Crippen LogP contribution in [0.2, 0.25) is 0 Å². The Kier molecular flexibility index (Phi) is 4.67. The maximum absolute atomic E-state index is 12.5. The van der Waals surface area contributed by atoms with E-state index in [0.717, 1.165) is 26.1 Å². The second kappa shape index (κ2) is 6.71. The van der Waals surface area contributed by atoms with E-state index < -0.39 is 4.75 Å². The summed E-state index contributed by atoms with van der Waals surface area (Å²) in [5.41, 5.74) is 0.536. The molecular weight excluding hydrogens is 318 g/mol. The van der Waals surface area contributed by atoms with Crippen molar-refractivity contribution in [1.29, 1.82) is 0 Å². The highest BCUT2D eigenvalue weighted by Crippen LogP contribution is 2.34. The van der Waals surface area contributed by atoms with Crippen molar-refractivity contribution < 1.29 is 14.1 Å². The predicted molar refractivity (Wildman–Crippen MR) is 86.0 cm³/mol. The summed E-state index contributed by atoms with van der Waals surface area (Å²) >= 11 is 1.67. The third-order valence-corrected chi connectivity index (χ3v) is 5.15. The van der Waals surface area contributed by atoms with Crippen LogP contribution in [0.4, 0.5) is 5.95 Å². The molecule has 9 heteroatoms. The molecular formula is C14H19N5O3S. The number of aromatic amines is 1. The van der Waals surface area contributed by atoms with E-state index in [-0.39, 0.29) is 11.9 Å². The van der Waals surface area contributed by atoms with Gasteiger partial charge in [-0.1, -0.05) is 5.16 Å². The van der Waals surface area contributed by atoms with Gasteiger partial charge in [0.15, 0.2) is 11.5 Å². The van der Waals surface area contributed by atoms with Crippen LogP contribution >= 0.6 is 11.8 Å². The second-order valence-corrected chi connectivity index (χ2v) is 7.71. The first-order chi connectivity index (χ1) is 11.0. The molecule has 0 atom stereocenters. The lowest BCUT2D eigenvalue weighted by molar-refractivity contribution is -0.117. The van der Waals surface area contributed by atoms with Crippen molar-refractivity contribution in [3.8, 4) is 11.5 Å². The third kappa shape index (κ3) is 3.91. The number of carbonyl (C=O) groups is 1. The van der Waals surface area contributed by atoms with Crippen molar-refractivity contribution >= 4 is 23.6 Å². The highest BCUT2D eigenvalue weighted by atomic mass is 32.2. The van der Waals surface area contributed by atoms with Gasteiger partial charge in [-0.3, -0.25) is 15.2 Å². The van der Waals surface area contributed by atoms with E-state index in [4.69, 9.17) is 9.26 Å². The minimum absolute atomic E-state index is 0.125. The first kappa shape index (κ1) is 16.0. The van der Waals surface area contributed by atoms with Crippen LogP contribution in [0.25, 0.3) is 11.5 Å². The standard InChI is InChI=1S/C14H19N5O3S/c1-14(2,23-9-3-6-21-7-4-9)12(20)16-13-15-11(17-18-13)10-5-8-22-19-10/h5,8-9H,3-4,6-7H2,1-2H3,(H2,15,16,17,18,20). The van der Waals surface area contributed by atoms with Crippen molar-refractivity contribution in [3.05, 3.63) is 12.3 Å². The predicted octanol–water partition coefficient (Wildman–Crippen LogP) is 2.09. The van der Waals surface area contributed by atoms with Crippen LogP contribution in [0.15, 0.2) is 16.9 Å².